The molecule has 0 radical (unpaired) electrons. The fourth-order valence-electron chi connectivity index (χ4n) is 4.89. The summed E-state index contributed by atoms with van der Waals surface area (Å²) in [6.45, 7) is 2.51. The van der Waals surface area contributed by atoms with Gasteiger partial charge in [0.1, 0.15) is 29.6 Å². The molecule has 0 saturated carbocycles. The van der Waals surface area contributed by atoms with E-state index in [1.165, 1.54) is 30.0 Å². The number of fused-ring (bicyclic) bond motifs is 1. The third-order valence-electron chi connectivity index (χ3n) is 6.87. The number of hydrogen-bond acceptors (Lipinski definition) is 8. The Morgan fingerprint density at radius 2 is 1.95 bits per heavy atom. The Morgan fingerprint density at radius 3 is 2.62 bits per heavy atom. The molecule has 3 N–H and O–H groups in total. The molecule has 1 fully saturated rings. The Hall–Kier alpha value is -4.55. The van der Waals surface area contributed by atoms with Crippen LogP contribution < -0.4 is 15.8 Å². The van der Waals surface area contributed by atoms with Crippen LogP contribution in [0.4, 0.5) is 9.18 Å². The van der Waals surface area contributed by atoms with E-state index in [1.807, 2.05) is 30.3 Å². The van der Waals surface area contributed by atoms with Crippen LogP contribution in [0.1, 0.15) is 25.8 Å². The maximum absolute atomic E-state index is 13.9. The molecule has 212 valence electrons. The van der Waals surface area contributed by atoms with Gasteiger partial charge in [-0.05, 0) is 25.8 Å². The van der Waals surface area contributed by atoms with Crippen molar-refractivity contribution < 1.29 is 33.0 Å². The molecule has 1 aromatic carbocycles. The maximum atomic E-state index is 13.9. The fraction of sp³-hybridized carbons (Fsp3) is 0.407. The topological polar surface area (TPSA) is 157 Å². The Morgan fingerprint density at radius 1 is 1.23 bits per heavy atom. The summed E-state index contributed by atoms with van der Waals surface area (Å²) in [5.41, 5.74) is 3.92. The lowest BCUT2D eigenvalue weighted by molar-refractivity contribution is -0.145. The lowest BCUT2D eigenvalue weighted by atomic mass is 9.73. The van der Waals surface area contributed by atoms with Crippen LogP contribution in [0.25, 0.3) is 0 Å². The standard InChI is InChI=1S/C27H31FN6O6/c1-26(2,40-25(29)38)23(36)31-20(15-39-19-11-18(28)13-30-14-19)22(35)34-10-9-21-27(16-34,24(37)33(3)32-21)12-17-7-5-4-6-8-17/h4-8,11,13-14,20H,9-10,12,15-16H2,1-3H3,(H2,29,38)(H,31,36)/t20-,27-/m1/s1. The number of halogens is 1. The van der Waals surface area contributed by atoms with E-state index in [9.17, 15) is 23.6 Å². The number of carbonyl (C=O) groups excluding carboxylic acids is 4. The van der Waals surface area contributed by atoms with Gasteiger partial charge in [0.2, 0.25) is 5.91 Å². The van der Waals surface area contributed by atoms with E-state index in [4.69, 9.17) is 15.2 Å². The summed E-state index contributed by atoms with van der Waals surface area (Å²) in [5, 5.41) is 8.32. The van der Waals surface area contributed by atoms with E-state index in [1.54, 1.807) is 7.05 Å². The minimum Gasteiger partial charge on any atom is -0.489 e. The van der Waals surface area contributed by atoms with Crippen molar-refractivity contribution in [3.63, 3.8) is 0 Å². The van der Waals surface area contributed by atoms with Gasteiger partial charge in [-0.1, -0.05) is 30.3 Å². The number of nitrogens with two attached hydrogens (primary N) is 1. The first kappa shape index (κ1) is 28.5. The molecule has 2 aromatic rings. The van der Waals surface area contributed by atoms with Gasteiger partial charge in [-0.15, -0.1) is 0 Å². The molecule has 13 heteroatoms. The van der Waals surface area contributed by atoms with Crippen LogP contribution in [0.5, 0.6) is 5.75 Å². The molecule has 0 spiro atoms. The predicted molar refractivity (Wildman–Crippen MR) is 140 cm³/mol. The number of carbonyl (C=O) groups is 4. The van der Waals surface area contributed by atoms with E-state index >= 15 is 0 Å². The first-order chi connectivity index (χ1) is 18.9. The number of likely N-dealkylation sites (tertiary alicyclic amines) is 1. The van der Waals surface area contributed by atoms with Gasteiger partial charge < -0.3 is 25.4 Å². The molecule has 3 heterocycles. The van der Waals surface area contributed by atoms with Gasteiger partial charge in [0.05, 0.1) is 18.1 Å². The van der Waals surface area contributed by atoms with E-state index in [0.29, 0.717) is 18.6 Å². The number of rotatable bonds is 9. The van der Waals surface area contributed by atoms with Gasteiger partial charge in [0, 0.05) is 32.6 Å². The van der Waals surface area contributed by atoms with Gasteiger partial charge in [-0.3, -0.25) is 19.4 Å². The monoisotopic (exact) mass is 554 g/mol. The molecule has 0 unspecified atom stereocenters. The molecular weight excluding hydrogens is 523 g/mol. The number of aromatic nitrogens is 1. The SMILES string of the molecule is CN1N=C2CCN(C(=O)[C@@H](COc3cncc(F)c3)NC(=O)C(C)(C)OC(N)=O)C[C@@]2(Cc2ccccc2)C1=O. The number of ether oxygens (including phenoxy) is 2. The Labute approximate surface area is 230 Å². The van der Waals surface area contributed by atoms with Gasteiger partial charge in [-0.2, -0.15) is 5.10 Å². The smallest absolute Gasteiger partial charge is 0.405 e. The van der Waals surface area contributed by atoms with Crippen LogP contribution in [0.3, 0.4) is 0 Å². The Kier molecular flexibility index (Phi) is 8.03. The van der Waals surface area contributed by atoms with Crippen LogP contribution >= 0.6 is 0 Å². The quantitative estimate of drug-likeness (QED) is 0.472. The number of piperidine rings is 1. The van der Waals surface area contributed by atoms with Crippen molar-refractivity contribution in [2.75, 3.05) is 26.7 Å². The van der Waals surface area contributed by atoms with Crippen LogP contribution in [-0.4, -0.2) is 82.8 Å². The zero-order chi connectivity index (χ0) is 29.1. The third-order valence-corrected chi connectivity index (χ3v) is 6.87. The van der Waals surface area contributed by atoms with Gasteiger partial charge in [-0.25, -0.2) is 14.2 Å². The predicted octanol–water partition coefficient (Wildman–Crippen LogP) is 1.25. The number of primary amides is 1. The molecule has 2 atom stereocenters. The first-order valence-corrected chi connectivity index (χ1v) is 12.6. The molecule has 1 saturated heterocycles. The third kappa shape index (κ3) is 6.03. The first-order valence-electron chi connectivity index (χ1n) is 12.6. The van der Waals surface area contributed by atoms with Gasteiger partial charge in [0.15, 0.2) is 5.60 Å². The second kappa shape index (κ2) is 11.3. The van der Waals surface area contributed by atoms with Crippen molar-refractivity contribution in [3.8, 4) is 5.75 Å². The Bertz CT molecular complexity index is 1340. The average Bonchev–Trinajstić information content (AvgIpc) is 3.14. The zero-order valence-electron chi connectivity index (χ0n) is 22.4. The minimum atomic E-state index is -1.70. The molecule has 12 nitrogen and oxygen atoms in total. The summed E-state index contributed by atoms with van der Waals surface area (Å²) >= 11 is 0. The molecule has 2 aliphatic rings. The van der Waals surface area contributed by atoms with E-state index in [-0.39, 0.29) is 31.4 Å². The maximum Gasteiger partial charge on any atom is 0.405 e. The molecule has 1 aromatic heterocycles. The second-order valence-electron chi connectivity index (χ2n) is 10.2. The normalized spacial score (nSPS) is 19.4. The van der Waals surface area contributed by atoms with Crippen molar-refractivity contribution in [3.05, 3.63) is 60.2 Å². The van der Waals surface area contributed by atoms with Crippen molar-refractivity contribution >= 4 is 29.5 Å². The largest absolute Gasteiger partial charge is 0.489 e. The fourth-order valence-corrected chi connectivity index (χ4v) is 4.89. The number of hydrogen-bond donors (Lipinski definition) is 2. The molecule has 0 aliphatic carbocycles. The van der Waals surface area contributed by atoms with Gasteiger partial charge >= 0.3 is 6.09 Å². The van der Waals surface area contributed by atoms with E-state index in [0.717, 1.165) is 17.8 Å². The summed E-state index contributed by atoms with van der Waals surface area (Å²) in [5.74, 6) is -2.18. The van der Waals surface area contributed by atoms with Gasteiger partial charge in [0.25, 0.3) is 11.8 Å². The van der Waals surface area contributed by atoms with Crippen molar-refractivity contribution in [2.45, 2.75) is 38.3 Å². The molecular formula is C27H31FN6O6. The highest BCUT2D eigenvalue weighted by molar-refractivity contribution is 6.13. The zero-order valence-corrected chi connectivity index (χ0v) is 22.4. The number of benzene rings is 1. The van der Waals surface area contributed by atoms with E-state index < -0.39 is 40.8 Å². The molecule has 4 amide bonds. The number of pyridine rings is 1. The lowest BCUT2D eigenvalue weighted by Gasteiger charge is -2.40. The summed E-state index contributed by atoms with van der Waals surface area (Å²) < 4.78 is 24.2. The van der Waals surface area contributed by atoms with Crippen LogP contribution in [0, 0.1) is 11.2 Å². The highest BCUT2D eigenvalue weighted by atomic mass is 19.1. The summed E-state index contributed by atoms with van der Waals surface area (Å²) in [6.07, 6.45) is 1.77. The van der Waals surface area contributed by atoms with E-state index in [2.05, 4.69) is 15.4 Å². The second-order valence-corrected chi connectivity index (χ2v) is 10.2. The van der Waals surface area contributed by atoms with Crippen LogP contribution in [0.2, 0.25) is 0 Å². The molecule has 2 aliphatic heterocycles. The molecule has 40 heavy (non-hydrogen) atoms. The van der Waals surface area contributed by atoms with Crippen molar-refractivity contribution in [1.82, 2.24) is 20.2 Å². The number of amides is 4. The highest BCUT2D eigenvalue weighted by Crippen LogP contribution is 2.38. The van der Waals surface area contributed by atoms with Crippen molar-refractivity contribution in [2.24, 2.45) is 16.3 Å². The number of nitrogens with zero attached hydrogens (tertiary/aromatic N) is 4. The molecule has 4 rings (SSSR count). The number of hydrazone groups is 1. The average molecular weight is 555 g/mol. The highest BCUT2D eigenvalue weighted by Gasteiger charge is 2.54. The minimum absolute atomic E-state index is 0.0256. The molecule has 0 bridgehead atoms. The van der Waals surface area contributed by atoms with Crippen LogP contribution in [-0.2, 0) is 25.5 Å². The van der Waals surface area contributed by atoms with Crippen molar-refractivity contribution in [1.29, 1.82) is 0 Å². The summed E-state index contributed by atoms with van der Waals surface area (Å²) in [7, 11) is 1.58. The van der Waals surface area contributed by atoms with Crippen LogP contribution in [0.15, 0.2) is 53.9 Å². The summed E-state index contributed by atoms with van der Waals surface area (Å²) in [6, 6.07) is 9.23. The number of nitrogens with one attached hydrogen (secondary N) is 1. The lowest BCUT2D eigenvalue weighted by Crippen LogP contribution is -2.61. The Balaban J connectivity index is 1.60. The summed E-state index contributed by atoms with van der Waals surface area (Å²) in [4.78, 5) is 56.9.